The third kappa shape index (κ3) is 3.38. The zero-order chi connectivity index (χ0) is 14.0. The van der Waals surface area contributed by atoms with Crippen LogP contribution in [-0.4, -0.2) is 12.9 Å². The van der Waals surface area contributed by atoms with Crippen LogP contribution in [0.25, 0.3) is 0 Å². The number of benzene rings is 2. The molecule has 0 aliphatic heterocycles. The van der Waals surface area contributed by atoms with Gasteiger partial charge < -0.3 is 4.74 Å². The second-order valence-electron chi connectivity index (χ2n) is 3.83. The van der Waals surface area contributed by atoms with Crippen molar-refractivity contribution < 1.29 is 9.53 Å². The SMILES string of the molecule is COc1ccc(Cl)cc1C(=O)c1cc(Br)cc(Br)c1. The van der Waals surface area contributed by atoms with E-state index in [0.717, 1.165) is 8.95 Å². The van der Waals surface area contributed by atoms with Crippen LogP contribution in [0, 0.1) is 0 Å². The van der Waals surface area contributed by atoms with E-state index in [1.807, 2.05) is 6.07 Å². The van der Waals surface area contributed by atoms with Gasteiger partial charge in [-0.2, -0.15) is 0 Å². The molecule has 2 rings (SSSR count). The molecule has 2 aromatic carbocycles. The van der Waals surface area contributed by atoms with E-state index >= 15 is 0 Å². The summed E-state index contributed by atoms with van der Waals surface area (Å²) < 4.78 is 6.85. The van der Waals surface area contributed by atoms with Crippen molar-refractivity contribution in [1.82, 2.24) is 0 Å². The van der Waals surface area contributed by atoms with Gasteiger partial charge in [-0.3, -0.25) is 4.79 Å². The van der Waals surface area contributed by atoms with Gasteiger partial charge >= 0.3 is 0 Å². The molecule has 0 amide bonds. The zero-order valence-corrected chi connectivity index (χ0v) is 13.8. The van der Waals surface area contributed by atoms with Gasteiger partial charge in [0.2, 0.25) is 0 Å². The number of carbonyl (C=O) groups excluding carboxylic acids is 1. The van der Waals surface area contributed by atoms with Crippen molar-refractivity contribution in [2.75, 3.05) is 7.11 Å². The second-order valence-corrected chi connectivity index (χ2v) is 6.10. The summed E-state index contributed by atoms with van der Waals surface area (Å²) in [4.78, 5) is 12.5. The van der Waals surface area contributed by atoms with Crippen molar-refractivity contribution in [3.05, 3.63) is 61.5 Å². The molecule has 98 valence electrons. The highest BCUT2D eigenvalue weighted by atomic mass is 79.9. The lowest BCUT2D eigenvalue weighted by Crippen LogP contribution is -2.04. The Balaban J connectivity index is 2.52. The smallest absolute Gasteiger partial charge is 0.196 e. The van der Waals surface area contributed by atoms with Crippen LogP contribution >= 0.6 is 43.5 Å². The number of ketones is 1. The van der Waals surface area contributed by atoms with Crippen molar-refractivity contribution >= 4 is 49.2 Å². The Kier molecular flexibility index (Phi) is 4.66. The van der Waals surface area contributed by atoms with Gasteiger partial charge in [-0.1, -0.05) is 43.5 Å². The molecule has 0 saturated carbocycles. The zero-order valence-electron chi connectivity index (χ0n) is 9.91. The monoisotopic (exact) mass is 402 g/mol. The molecule has 2 nitrogen and oxygen atoms in total. The standard InChI is InChI=1S/C14H9Br2ClO2/c1-19-13-3-2-11(17)7-12(13)14(18)8-4-9(15)6-10(16)5-8/h2-7H,1H3. The van der Waals surface area contributed by atoms with Crippen LogP contribution in [0.15, 0.2) is 45.3 Å². The van der Waals surface area contributed by atoms with Crippen LogP contribution in [0.4, 0.5) is 0 Å². The highest BCUT2D eigenvalue weighted by Crippen LogP contribution is 2.27. The average Bonchev–Trinajstić information content (AvgIpc) is 2.36. The quantitative estimate of drug-likeness (QED) is 0.665. The Morgan fingerprint density at radius 2 is 1.74 bits per heavy atom. The number of ether oxygens (including phenoxy) is 1. The van der Waals surface area contributed by atoms with Crippen LogP contribution in [0.2, 0.25) is 5.02 Å². The molecule has 0 heterocycles. The van der Waals surface area contributed by atoms with E-state index in [-0.39, 0.29) is 5.78 Å². The predicted octanol–water partition coefficient (Wildman–Crippen LogP) is 5.10. The summed E-state index contributed by atoms with van der Waals surface area (Å²) in [5.74, 6) is 0.367. The van der Waals surface area contributed by atoms with Gasteiger partial charge in [0.25, 0.3) is 0 Å². The molecule has 19 heavy (non-hydrogen) atoms. The van der Waals surface area contributed by atoms with Crippen molar-refractivity contribution in [3.63, 3.8) is 0 Å². The molecule has 2 aromatic rings. The van der Waals surface area contributed by atoms with Crippen molar-refractivity contribution in [2.45, 2.75) is 0 Å². The molecule has 0 aliphatic carbocycles. The van der Waals surface area contributed by atoms with Crippen molar-refractivity contribution in [3.8, 4) is 5.75 Å². The molecule has 0 bridgehead atoms. The minimum absolute atomic E-state index is 0.138. The first-order chi connectivity index (χ1) is 9.01. The summed E-state index contributed by atoms with van der Waals surface area (Å²) in [5.41, 5.74) is 1.00. The van der Waals surface area contributed by atoms with Crippen molar-refractivity contribution in [2.24, 2.45) is 0 Å². The topological polar surface area (TPSA) is 26.3 Å². The number of rotatable bonds is 3. The highest BCUT2D eigenvalue weighted by molar-refractivity contribution is 9.11. The van der Waals surface area contributed by atoms with Crippen LogP contribution < -0.4 is 4.74 Å². The van der Waals surface area contributed by atoms with Crippen LogP contribution in [0.1, 0.15) is 15.9 Å². The molecule has 0 spiro atoms. The summed E-state index contributed by atoms with van der Waals surface area (Å²) in [6.07, 6.45) is 0. The normalized spacial score (nSPS) is 10.3. The van der Waals surface area contributed by atoms with Crippen LogP contribution in [-0.2, 0) is 0 Å². The van der Waals surface area contributed by atoms with E-state index in [1.54, 1.807) is 30.3 Å². The van der Waals surface area contributed by atoms with Gasteiger partial charge in [0, 0.05) is 19.5 Å². The second kappa shape index (κ2) is 6.07. The molecule has 0 saturated heterocycles. The molecule has 0 N–H and O–H groups in total. The summed E-state index contributed by atoms with van der Waals surface area (Å²) in [5, 5.41) is 0.498. The summed E-state index contributed by atoms with van der Waals surface area (Å²) in [6, 6.07) is 10.4. The number of hydrogen-bond acceptors (Lipinski definition) is 2. The average molecular weight is 404 g/mol. The number of hydrogen-bond donors (Lipinski definition) is 0. The molecule has 0 unspecified atom stereocenters. The largest absolute Gasteiger partial charge is 0.496 e. The Bertz CT molecular complexity index is 621. The first-order valence-corrected chi connectivity index (χ1v) is 7.32. The van der Waals surface area contributed by atoms with E-state index in [1.165, 1.54) is 7.11 Å². The molecule has 0 fully saturated rings. The third-order valence-corrected chi connectivity index (χ3v) is 3.68. The Morgan fingerprint density at radius 3 is 2.32 bits per heavy atom. The molecular weight excluding hydrogens is 395 g/mol. The van der Waals surface area contributed by atoms with E-state index < -0.39 is 0 Å². The number of methoxy groups -OCH3 is 1. The molecule has 0 atom stereocenters. The van der Waals surface area contributed by atoms with Gasteiger partial charge in [0.1, 0.15) is 5.75 Å². The van der Waals surface area contributed by atoms with Gasteiger partial charge in [-0.05, 0) is 36.4 Å². The lowest BCUT2D eigenvalue weighted by Gasteiger charge is -2.09. The highest BCUT2D eigenvalue weighted by Gasteiger charge is 2.16. The fourth-order valence-electron chi connectivity index (χ4n) is 1.70. The first kappa shape index (κ1) is 14.6. The number of carbonyl (C=O) groups is 1. The fraction of sp³-hybridized carbons (Fsp3) is 0.0714. The van der Waals surface area contributed by atoms with Gasteiger partial charge in [-0.25, -0.2) is 0 Å². The van der Waals surface area contributed by atoms with Crippen LogP contribution in [0.3, 0.4) is 0 Å². The molecule has 0 radical (unpaired) electrons. The van der Waals surface area contributed by atoms with Gasteiger partial charge in [-0.15, -0.1) is 0 Å². The summed E-state index contributed by atoms with van der Waals surface area (Å²) in [6.45, 7) is 0. The fourth-order valence-corrected chi connectivity index (χ4v) is 3.16. The van der Waals surface area contributed by atoms with E-state index in [2.05, 4.69) is 31.9 Å². The van der Waals surface area contributed by atoms with Crippen molar-refractivity contribution in [1.29, 1.82) is 0 Å². The summed E-state index contributed by atoms with van der Waals surface area (Å²) in [7, 11) is 1.52. The van der Waals surface area contributed by atoms with Crippen LogP contribution in [0.5, 0.6) is 5.75 Å². The molecular formula is C14H9Br2ClO2. The Labute approximate surface area is 133 Å². The minimum Gasteiger partial charge on any atom is -0.496 e. The lowest BCUT2D eigenvalue weighted by molar-refractivity contribution is 0.103. The van der Waals surface area contributed by atoms with E-state index in [9.17, 15) is 4.79 Å². The first-order valence-electron chi connectivity index (χ1n) is 5.35. The minimum atomic E-state index is -0.138. The molecule has 0 aliphatic rings. The lowest BCUT2D eigenvalue weighted by atomic mass is 10.0. The van der Waals surface area contributed by atoms with Gasteiger partial charge in [0.15, 0.2) is 5.78 Å². The van der Waals surface area contributed by atoms with E-state index in [4.69, 9.17) is 16.3 Å². The van der Waals surface area contributed by atoms with Gasteiger partial charge in [0.05, 0.1) is 12.7 Å². The maximum atomic E-state index is 12.5. The predicted molar refractivity (Wildman–Crippen MR) is 83.3 cm³/mol. The number of halogens is 3. The maximum Gasteiger partial charge on any atom is 0.196 e. The molecule has 5 heteroatoms. The Morgan fingerprint density at radius 1 is 1.11 bits per heavy atom. The maximum absolute atomic E-state index is 12.5. The third-order valence-electron chi connectivity index (χ3n) is 2.53. The summed E-state index contributed by atoms with van der Waals surface area (Å²) >= 11 is 12.7. The molecule has 0 aromatic heterocycles. The Hall–Kier alpha value is -0.840. The van der Waals surface area contributed by atoms with E-state index in [0.29, 0.717) is 21.9 Å².